The van der Waals surface area contributed by atoms with Crippen molar-refractivity contribution in [2.75, 3.05) is 5.32 Å². The lowest BCUT2D eigenvalue weighted by Crippen LogP contribution is -2.28. The third-order valence-electron chi connectivity index (χ3n) is 4.35. The van der Waals surface area contributed by atoms with Gasteiger partial charge in [0.2, 0.25) is 5.91 Å². The minimum absolute atomic E-state index is 0.0590. The molecule has 148 valence electrons. The Bertz CT molecular complexity index is 1090. The average molecular weight is 437 g/mol. The zero-order valence-corrected chi connectivity index (χ0v) is 18.6. The maximum atomic E-state index is 13.1. The molecule has 0 spiro atoms. The standard InChI is InChI=1S/C19H21ClN4O2S2/c1-9(2)24-18(26)15-10(3)11(4)27-17(15)23-19(24)28-12(5)16(25)22-14-7-6-13(20)8-21-14/h6-9,12H,1-5H3,(H,21,22,25). The molecule has 28 heavy (non-hydrogen) atoms. The second-order valence-electron chi connectivity index (χ2n) is 6.74. The minimum atomic E-state index is -0.464. The van der Waals surface area contributed by atoms with E-state index in [-0.39, 0.29) is 17.5 Å². The Balaban J connectivity index is 1.92. The van der Waals surface area contributed by atoms with Gasteiger partial charge in [0.15, 0.2) is 5.16 Å². The highest BCUT2D eigenvalue weighted by molar-refractivity contribution is 8.00. The number of aromatic nitrogens is 3. The normalized spacial score (nSPS) is 12.5. The highest BCUT2D eigenvalue weighted by Crippen LogP contribution is 2.31. The molecule has 0 fully saturated rings. The molecule has 0 radical (unpaired) electrons. The van der Waals surface area contributed by atoms with Crippen LogP contribution in [0.1, 0.15) is 37.3 Å². The number of anilines is 1. The maximum absolute atomic E-state index is 13.1. The van der Waals surface area contributed by atoms with Crippen molar-refractivity contribution in [3.63, 3.8) is 0 Å². The summed E-state index contributed by atoms with van der Waals surface area (Å²) in [6.45, 7) is 9.60. The van der Waals surface area contributed by atoms with E-state index in [9.17, 15) is 9.59 Å². The number of pyridine rings is 1. The summed E-state index contributed by atoms with van der Waals surface area (Å²) in [4.78, 5) is 36.2. The molecule has 9 heteroatoms. The number of carbonyl (C=O) groups is 1. The van der Waals surface area contributed by atoms with Crippen LogP contribution in [0.5, 0.6) is 0 Å². The van der Waals surface area contributed by atoms with E-state index in [4.69, 9.17) is 16.6 Å². The molecule has 1 unspecified atom stereocenters. The van der Waals surface area contributed by atoms with Crippen LogP contribution in [0, 0.1) is 13.8 Å². The molecule has 0 aliphatic rings. The number of nitrogens with one attached hydrogen (secondary N) is 1. The van der Waals surface area contributed by atoms with Gasteiger partial charge in [0.25, 0.3) is 5.56 Å². The fourth-order valence-electron chi connectivity index (χ4n) is 2.72. The second kappa shape index (κ2) is 8.23. The van der Waals surface area contributed by atoms with Gasteiger partial charge in [-0.1, -0.05) is 23.4 Å². The average Bonchev–Trinajstić information content (AvgIpc) is 2.90. The molecule has 1 N–H and O–H groups in total. The van der Waals surface area contributed by atoms with Gasteiger partial charge in [0.05, 0.1) is 15.7 Å². The van der Waals surface area contributed by atoms with Crippen LogP contribution in [0.4, 0.5) is 5.82 Å². The lowest BCUT2D eigenvalue weighted by atomic mass is 10.2. The summed E-state index contributed by atoms with van der Waals surface area (Å²) in [6, 6.07) is 3.23. The van der Waals surface area contributed by atoms with Crippen molar-refractivity contribution >= 4 is 56.6 Å². The van der Waals surface area contributed by atoms with E-state index in [1.807, 2.05) is 27.7 Å². The largest absolute Gasteiger partial charge is 0.310 e. The summed E-state index contributed by atoms with van der Waals surface area (Å²) in [7, 11) is 0. The molecule has 0 saturated carbocycles. The topological polar surface area (TPSA) is 76.9 Å². The number of hydrogen-bond donors (Lipinski definition) is 1. The number of hydrogen-bond acceptors (Lipinski definition) is 6. The molecule has 0 aliphatic heterocycles. The van der Waals surface area contributed by atoms with Gasteiger partial charge in [0.1, 0.15) is 10.6 Å². The first-order chi connectivity index (χ1) is 13.2. The maximum Gasteiger partial charge on any atom is 0.263 e. The zero-order valence-electron chi connectivity index (χ0n) is 16.2. The van der Waals surface area contributed by atoms with Gasteiger partial charge in [-0.15, -0.1) is 11.3 Å². The molecule has 0 saturated heterocycles. The number of rotatable bonds is 5. The predicted octanol–water partition coefficient (Wildman–Crippen LogP) is 4.82. The number of thioether (sulfide) groups is 1. The van der Waals surface area contributed by atoms with Crippen LogP contribution in [-0.2, 0) is 4.79 Å². The Morgan fingerprint density at radius 2 is 2.00 bits per heavy atom. The molecular weight excluding hydrogens is 416 g/mol. The summed E-state index contributed by atoms with van der Waals surface area (Å²) < 4.78 is 1.66. The van der Waals surface area contributed by atoms with Crippen molar-refractivity contribution in [1.82, 2.24) is 14.5 Å². The molecule has 0 aromatic carbocycles. The third-order valence-corrected chi connectivity index (χ3v) is 6.74. The Morgan fingerprint density at radius 3 is 2.61 bits per heavy atom. The van der Waals surface area contributed by atoms with Crippen molar-refractivity contribution < 1.29 is 4.79 Å². The zero-order chi connectivity index (χ0) is 20.6. The fraction of sp³-hybridized carbons (Fsp3) is 0.368. The molecule has 1 atom stereocenters. The summed E-state index contributed by atoms with van der Waals surface area (Å²) in [5, 5.41) is 4.01. The fourth-order valence-corrected chi connectivity index (χ4v) is 4.94. The second-order valence-corrected chi connectivity index (χ2v) is 9.69. The van der Waals surface area contributed by atoms with Crippen LogP contribution in [0.25, 0.3) is 10.2 Å². The smallest absolute Gasteiger partial charge is 0.263 e. The van der Waals surface area contributed by atoms with E-state index in [1.54, 1.807) is 23.6 Å². The van der Waals surface area contributed by atoms with Gasteiger partial charge in [-0.25, -0.2) is 9.97 Å². The molecule has 3 aromatic heterocycles. The third kappa shape index (κ3) is 4.09. The Labute approximate surface area is 176 Å². The first-order valence-electron chi connectivity index (χ1n) is 8.80. The van der Waals surface area contributed by atoms with E-state index in [0.29, 0.717) is 26.2 Å². The summed E-state index contributed by atoms with van der Waals surface area (Å²) in [5.41, 5.74) is 0.916. The lowest BCUT2D eigenvalue weighted by molar-refractivity contribution is -0.115. The predicted molar refractivity (Wildman–Crippen MR) is 117 cm³/mol. The first kappa shape index (κ1) is 20.8. The highest BCUT2D eigenvalue weighted by atomic mass is 35.5. The Hall–Kier alpha value is -1.90. The molecule has 6 nitrogen and oxygen atoms in total. The number of halogens is 1. The van der Waals surface area contributed by atoms with Crippen LogP contribution < -0.4 is 10.9 Å². The Kier molecular flexibility index (Phi) is 6.12. The molecule has 3 aromatic rings. The minimum Gasteiger partial charge on any atom is -0.310 e. The number of thiophene rings is 1. The Morgan fingerprint density at radius 1 is 1.29 bits per heavy atom. The van der Waals surface area contributed by atoms with E-state index >= 15 is 0 Å². The molecule has 1 amide bonds. The van der Waals surface area contributed by atoms with Crippen molar-refractivity contribution in [2.24, 2.45) is 0 Å². The number of amides is 1. The van der Waals surface area contributed by atoms with Crippen LogP contribution in [0.15, 0.2) is 28.3 Å². The number of nitrogens with zero attached hydrogens (tertiary/aromatic N) is 3. The SMILES string of the molecule is Cc1sc2nc(SC(C)C(=O)Nc3ccc(Cl)cn3)n(C(C)C)c(=O)c2c1C. The molecule has 3 rings (SSSR count). The van der Waals surface area contributed by atoms with Gasteiger partial charge >= 0.3 is 0 Å². The van der Waals surface area contributed by atoms with Gasteiger partial charge in [-0.2, -0.15) is 0 Å². The van der Waals surface area contributed by atoms with E-state index < -0.39 is 5.25 Å². The molecule has 3 heterocycles. The molecular formula is C19H21ClN4O2S2. The monoisotopic (exact) mass is 436 g/mol. The number of aryl methyl sites for hydroxylation is 2. The quantitative estimate of drug-likeness (QED) is 0.458. The van der Waals surface area contributed by atoms with E-state index in [2.05, 4.69) is 10.3 Å². The van der Waals surface area contributed by atoms with E-state index in [1.165, 1.54) is 29.3 Å². The van der Waals surface area contributed by atoms with Crippen molar-refractivity contribution in [3.8, 4) is 0 Å². The lowest BCUT2D eigenvalue weighted by Gasteiger charge is -2.18. The van der Waals surface area contributed by atoms with Crippen molar-refractivity contribution in [3.05, 3.63) is 44.1 Å². The van der Waals surface area contributed by atoms with Crippen molar-refractivity contribution in [2.45, 2.75) is 51.1 Å². The van der Waals surface area contributed by atoms with Crippen LogP contribution >= 0.6 is 34.7 Å². The van der Waals surface area contributed by atoms with Crippen LogP contribution in [0.3, 0.4) is 0 Å². The van der Waals surface area contributed by atoms with Gasteiger partial charge in [0, 0.05) is 17.1 Å². The van der Waals surface area contributed by atoms with Crippen LogP contribution in [0.2, 0.25) is 5.02 Å². The first-order valence-corrected chi connectivity index (χ1v) is 10.9. The summed E-state index contributed by atoms with van der Waals surface area (Å²) in [5.74, 6) is 0.207. The van der Waals surface area contributed by atoms with Crippen molar-refractivity contribution in [1.29, 1.82) is 0 Å². The van der Waals surface area contributed by atoms with Crippen LogP contribution in [-0.4, -0.2) is 25.7 Å². The highest BCUT2D eigenvalue weighted by Gasteiger charge is 2.22. The number of carbonyl (C=O) groups excluding carboxylic acids is 1. The molecule has 0 aliphatic carbocycles. The van der Waals surface area contributed by atoms with Gasteiger partial charge in [-0.3, -0.25) is 14.2 Å². The summed E-state index contributed by atoms with van der Waals surface area (Å²) >= 11 is 8.59. The number of fused-ring (bicyclic) bond motifs is 1. The van der Waals surface area contributed by atoms with E-state index in [0.717, 1.165) is 10.4 Å². The van der Waals surface area contributed by atoms with Gasteiger partial charge in [-0.05, 0) is 52.3 Å². The summed E-state index contributed by atoms with van der Waals surface area (Å²) in [6.07, 6.45) is 1.47. The van der Waals surface area contributed by atoms with Gasteiger partial charge < -0.3 is 5.32 Å². The molecule has 0 bridgehead atoms.